The van der Waals surface area contributed by atoms with Gasteiger partial charge in [-0.15, -0.1) is 0 Å². The number of nitrogens with one attached hydrogen (secondary N) is 1. The van der Waals surface area contributed by atoms with Crippen LogP contribution in [0.2, 0.25) is 0 Å². The van der Waals surface area contributed by atoms with Crippen LogP contribution in [0, 0.1) is 21.4 Å². The molecule has 0 bridgehead atoms. The maximum absolute atomic E-state index is 12.5. The Bertz CT molecular complexity index is 680. The highest BCUT2D eigenvalue weighted by Gasteiger charge is 2.30. The minimum absolute atomic E-state index is 0.00426. The van der Waals surface area contributed by atoms with Crippen LogP contribution in [0.1, 0.15) is 12.5 Å². The monoisotopic (exact) mass is 344 g/mol. The minimum atomic E-state index is -4.58. The number of carbonyl (C=O) groups excluding carboxylic acids is 1. The summed E-state index contributed by atoms with van der Waals surface area (Å²) in [5.41, 5.74) is 0.283. The van der Waals surface area contributed by atoms with Gasteiger partial charge in [0.15, 0.2) is 10.6 Å². The van der Waals surface area contributed by atoms with Crippen molar-refractivity contribution in [3.8, 4) is 6.07 Å². The largest absolute Gasteiger partial charge is 0.462 e. The molecule has 1 rings (SSSR count). The van der Waals surface area contributed by atoms with Crippen LogP contribution in [0.5, 0.6) is 0 Å². The van der Waals surface area contributed by atoms with Gasteiger partial charge in [0.1, 0.15) is 11.8 Å². The van der Waals surface area contributed by atoms with E-state index in [4.69, 9.17) is 5.26 Å². The molecule has 0 heterocycles. The van der Waals surface area contributed by atoms with Gasteiger partial charge in [0.25, 0.3) is 0 Å². The SMILES string of the molecule is CCOC(=O)C(C#N)=CNN(c1ccc(C(F)(F)F)cc1)[N+](=O)[O-]. The molecule has 0 aliphatic heterocycles. The van der Waals surface area contributed by atoms with E-state index in [1.807, 2.05) is 0 Å². The van der Waals surface area contributed by atoms with Crippen LogP contribution >= 0.6 is 0 Å². The van der Waals surface area contributed by atoms with Crippen molar-refractivity contribution in [1.82, 2.24) is 5.43 Å². The average Bonchev–Trinajstić information content (AvgIpc) is 2.50. The highest BCUT2D eigenvalue weighted by atomic mass is 19.4. The number of halogens is 3. The van der Waals surface area contributed by atoms with E-state index in [0.717, 1.165) is 18.3 Å². The molecular formula is C13H11F3N4O4. The number of alkyl halides is 3. The van der Waals surface area contributed by atoms with E-state index in [2.05, 4.69) is 10.2 Å². The zero-order chi connectivity index (χ0) is 18.3. The molecule has 1 N–H and O–H groups in total. The van der Waals surface area contributed by atoms with Gasteiger partial charge in [-0.25, -0.2) is 20.3 Å². The Balaban J connectivity index is 3.02. The lowest BCUT2D eigenvalue weighted by molar-refractivity contribution is -0.501. The molecule has 128 valence electrons. The van der Waals surface area contributed by atoms with Crippen LogP contribution in [0.4, 0.5) is 18.9 Å². The Kier molecular flexibility index (Phi) is 6.11. The van der Waals surface area contributed by atoms with Crippen LogP contribution in [0.25, 0.3) is 0 Å². The molecule has 0 aromatic heterocycles. The molecule has 0 saturated heterocycles. The number of anilines is 1. The van der Waals surface area contributed by atoms with Crippen molar-refractivity contribution >= 4 is 11.7 Å². The molecule has 24 heavy (non-hydrogen) atoms. The first-order valence-corrected chi connectivity index (χ1v) is 6.36. The molecule has 0 aliphatic carbocycles. The number of nitriles is 1. The molecule has 1 aromatic carbocycles. The normalized spacial score (nSPS) is 11.4. The molecule has 1 aromatic rings. The third-order valence-electron chi connectivity index (χ3n) is 2.55. The minimum Gasteiger partial charge on any atom is -0.462 e. The summed E-state index contributed by atoms with van der Waals surface area (Å²) in [7, 11) is 0. The molecule has 0 saturated carbocycles. The summed E-state index contributed by atoms with van der Waals surface area (Å²) < 4.78 is 42.0. The second-order valence-corrected chi connectivity index (χ2v) is 4.11. The first kappa shape index (κ1) is 18.8. The third kappa shape index (κ3) is 4.87. The van der Waals surface area contributed by atoms with Gasteiger partial charge in [-0.2, -0.15) is 18.4 Å². The van der Waals surface area contributed by atoms with Crippen molar-refractivity contribution in [2.75, 3.05) is 11.7 Å². The van der Waals surface area contributed by atoms with E-state index in [1.54, 1.807) is 0 Å². The fourth-order valence-corrected chi connectivity index (χ4v) is 1.48. The number of benzene rings is 1. The number of rotatable bonds is 6. The zero-order valence-electron chi connectivity index (χ0n) is 12.2. The van der Waals surface area contributed by atoms with Crippen molar-refractivity contribution in [3.63, 3.8) is 0 Å². The van der Waals surface area contributed by atoms with Gasteiger partial charge in [0.2, 0.25) is 0 Å². The van der Waals surface area contributed by atoms with Crippen molar-refractivity contribution in [1.29, 1.82) is 5.26 Å². The molecule has 0 fully saturated rings. The van der Waals surface area contributed by atoms with Gasteiger partial charge in [0, 0.05) is 11.3 Å². The quantitative estimate of drug-likeness (QED) is 0.277. The highest BCUT2D eigenvalue weighted by molar-refractivity contribution is 5.92. The van der Waals surface area contributed by atoms with Crippen LogP contribution in [0.15, 0.2) is 36.0 Å². The summed E-state index contributed by atoms with van der Waals surface area (Å²) in [6.07, 6.45) is -3.86. The number of hydrazine groups is 2. The van der Waals surface area contributed by atoms with Crippen LogP contribution in [0.3, 0.4) is 0 Å². The second kappa shape index (κ2) is 7.82. The molecule has 0 spiro atoms. The Hall–Kier alpha value is -3.29. The Morgan fingerprint density at radius 2 is 2.04 bits per heavy atom. The molecule has 0 unspecified atom stereocenters. The zero-order valence-corrected chi connectivity index (χ0v) is 12.2. The number of esters is 1. The van der Waals surface area contributed by atoms with Crippen LogP contribution in [-0.4, -0.2) is 17.6 Å². The summed E-state index contributed by atoms with van der Waals surface area (Å²) in [5, 5.41) is 19.1. The summed E-state index contributed by atoms with van der Waals surface area (Å²) >= 11 is 0. The standard InChI is InChI=1S/C13H11F3N4O4/c1-2-24-12(21)9(7-17)8-18-19(20(22)23)11-5-3-10(4-6-11)13(14,15)16/h3-6,8,18H,2H2,1H3. The molecule has 0 atom stereocenters. The number of hydrogen-bond donors (Lipinski definition) is 1. The smallest absolute Gasteiger partial charge is 0.416 e. The Labute approximate surface area is 133 Å². The van der Waals surface area contributed by atoms with E-state index in [1.165, 1.54) is 13.0 Å². The summed E-state index contributed by atoms with van der Waals surface area (Å²) in [4.78, 5) is 22.4. The van der Waals surface area contributed by atoms with Crippen LogP contribution < -0.4 is 10.5 Å². The first-order valence-electron chi connectivity index (χ1n) is 6.36. The molecule has 11 heteroatoms. The topological polar surface area (TPSA) is 108 Å². The lowest BCUT2D eigenvalue weighted by atomic mass is 10.2. The maximum Gasteiger partial charge on any atom is 0.416 e. The van der Waals surface area contributed by atoms with E-state index in [9.17, 15) is 28.1 Å². The fraction of sp³-hybridized carbons (Fsp3) is 0.231. The number of carbonyl (C=O) groups is 1. The summed E-state index contributed by atoms with van der Waals surface area (Å²) in [5.74, 6) is -0.997. The molecule has 8 nitrogen and oxygen atoms in total. The van der Waals surface area contributed by atoms with Gasteiger partial charge in [-0.05, 0) is 31.2 Å². The van der Waals surface area contributed by atoms with E-state index < -0.39 is 28.3 Å². The van der Waals surface area contributed by atoms with Gasteiger partial charge in [-0.1, -0.05) is 0 Å². The summed E-state index contributed by atoms with van der Waals surface area (Å²) in [6, 6.07) is 4.54. The first-order chi connectivity index (χ1) is 11.2. The molecule has 0 radical (unpaired) electrons. The lowest BCUT2D eigenvalue weighted by Gasteiger charge is -2.14. The van der Waals surface area contributed by atoms with Crippen molar-refractivity contribution in [3.05, 3.63) is 51.7 Å². The van der Waals surface area contributed by atoms with Crippen molar-refractivity contribution < 1.29 is 27.7 Å². The molecular weight excluding hydrogens is 333 g/mol. The van der Waals surface area contributed by atoms with Crippen LogP contribution in [-0.2, 0) is 15.7 Å². The Morgan fingerprint density at radius 1 is 1.46 bits per heavy atom. The predicted molar refractivity (Wildman–Crippen MR) is 74.4 cm³/mol. The van der Waals surface area contributed by atoms with E-state index >= 15 is 0 Å². The number of nitro groups is 1. The van der Waals surface area contributed by atoms with Gasteiger partial charge in [-0.3, -0.25) is 0 Å². The maximum atomic E-state index is 12.5. The van der Waals surface area contributed by atoms with Gasteiger partial charge in [0.05, 0.1) is 12.2 Å². The second-order valence-electron chi connectivity index (χ2n) is 4.11. The highest BCUT2D eigenvalue weighted by Crippen LogP contribution is 2.30. The van der Waals surface area contributed by atoms with E-state index in [0.29, 0.717) is 12.1 Å². The molecule has 0 amide bonds. The average molecular weight is 344 g/mol. The summed E-state index contributed by atoms with van der Waals surface area (Å²) in [6.45, 7) is 1.50. The van der Waals surface area contributed by atoms with Gasteiger partial charge >= 0.3 is 12.1 Å². The number of hydrogen-bond acceptors (Lipinski definition) is 6. The fourth-order valence-electron chi connectivity index (χ4n) is 1.48. The van der Waals surface area contributed by atoms with Crippen molar-refractivity contribution in [2.24, 2.45) is 0 Å². The molecule has 0 aliphatic rings. The predicted octanol–water partition coefficient (Wildman–Crippen LogP) is 2.18. The number of nitrogens with zero attached hydrogens (tertiary/aromatic N) is 3. The van der Waals surface area contributed by atoms with Crippen molar-refractivity contribution in [2.45, 2.75) is 13.1 Å². The third-order valence-corrected chi connectivity index (χ3v) is 2.55. The Morgan fingerprint density at radius 3 is 2.46 bits per heavy atom. The van der Waals surface area contributed by atoms with Gasteiger partial charge < -0.3 is 4.74 Å². The van der Waals surface area contributed by atoms with E-state index in [-0.39, 0.29) is 17.4 Å². The number of ether oxygens (including phenoxy) is 1. The lowest BCUT2D eigenvalue weighted by Crippen LogP contribution is -2.40.